The lowest BCUT2D eigenvalue weighted by molar-refractivity contribution is -0.149. The molecule has 0 amide bonds. The van der Waals surface area contributed by atoms with Crippen molar-refractivity contribution in [3.8, 4) is 0 Å². The molecular weight excluding hydrogens is 274 g/mol. The second kappa shape index (κ2) is 7.55. The van der Waals surface area contributed by atoms with Crippen LogP contribution in [0.5, 0.6) is 0 Å². The molecule has 0 N–H and O–H groups in total. The summed E-state index contributed by atoms with van der Waals surface area (Å²) in [7, 11) is -0.673. The van der Waals surface area contributed by atoms with Crippen molar-refractivity contribution in [1.82, 2.24) is 4.90 Å². The Morgan fingerprint density at radius 1 is 1.30 bits per heavy atom. The molecule has 1 fully saturated rings. The zero-order chi connectivity index (χ0) is 14.4. The lowest BCUT2D eigenvalue weighted by Gasteiger charge is -2.27. The summed E-state index contributed by atoms with van der Waals surface area (Å²) in [5, 5.41) is 0. The maximum absolute atomic E-state index is 11.9. The Kier molecular flexibility index (Phi) is 5.73. The molecule has 20 heavy (non-hydrogen) atoms. The molecule has 1 saturated heterocycles. The van der Waals surface area contributed by atoms with Gasteiger partial charge in [0.05, 0.1) is 5.92 Å². The zero-order valence-corrected chi connectivity index (χ0v) is 12.6. The van der Waals surface area contributed by atoms with Gasteiger partial charge in [-0.2, -0.15) is 0 Å². The molecule has 1 aliphatic rings. The maximum Gasteiger partial charge on any atom is 0.310 e. The number of ether oxygens (including phenoxy) is 1. The summed E-state index contributed by atoms with van der Waals surface area (Å²) in [5.41, 5.74) is 1.00. The van der Waals surface area contributed by atoms with Gasteiger partial charge in [0.1, 0.15) is 6.61 Å². The SMILES string of the molecule is CC(CN1CCS(=O)CC1)C(=O)OCc1ccccc1. The fraction of sp³-hybridized carbons (Fsp3) is 0.533. The standard InChI is InChI=1S/C15H21NO3S/c1-13(11-16-7-9-20(18)10-8-16)15(17)19-12-14-5-3-2-4-6-14/h2-6,13H,7-12H2,1H3. The van der Waals surface area contributed by atoms with E-state index in [0.29, 0.717) is 24.7 Å². The number of carbonyl (C=O) groups excluding carboxylic acids is 1. The van der Waals surface area contributed by atoms with Gasteiger partial charge in [-0.25, -0.2) is 0 Å². The molecule has 4 nitrogen and oxygen atoms in total. The van der Waals surface area contributed by atoms with E-state index in [9.17, 15) is 9.00 Å². The minimum absolute atomic E-state index is 0.148. The molecule has 0 radical (unpaired) electrons. The van der Waals surface area contributed by atoms with E-state index in [-0.39, 0.29) is 11.9 Å². The van der Waals surface area contributed by atoms with Gasteiger partial charge in [0.15, 0.2) is 0 Å². The van der Waals surface area contributed by atoms with E-state index in [1.54, 1.807) is 0 Å². The molecule has 0 bridgehead atoms. The molecular formula is C15H21NO3S. The minimum Gasteiger partial charge on any atom is -0.461 e. The molecule has 1 aromatic rings. The van der Waals surface area contributed by atoms with Crippen molar-refractivity contribution < 1.29 is 13.7 Å². The summed E-state index contributed by atoms with van der Waals surface area (Å²) < 4.78 is 16.6. The molecule has 0 aliphatic carbocycles. The van der Waals surface area contributed by atoms with Gasteiger partial charge in [-0.15, -0.1) is 0 Å². The van der Waals surface area contributed by atoms with Crippen molar-refractivity contribution in [2.45, 2.75) is 13.5 Å². The number of rotatable bonds is 5. The summed E-state index contributed by atoms with van der Waals surface area (Å²) in [5.74, 6) is 1.11. The second-order valence-electron chi connectivity index (χ2n) is 5.14. The Morgan fingerprint density at radius 2 is 1.95 bits per heavy atom. The highest BCUT2D eigenvalue weighted by Crippen LogP contribution is 2.08. The van der Waals surface area contributed by atoms with Gasteiger partial charge < -0.3 is 9.64 Å². The summed E-state index contributed by atoms with van der Waals surface area (Å²) >= 11 is 0. The van der Waals surface area contributed by atoms with Gasteiger partial charge in [0.25, 0.3) is 0 Å². The summed E-state index contributed by atoms with van der Waals surface area (Å²) in [4.78, 5) is 14.1. The van der Waals surface area contributed by atoms with Gasteiger partial charge in [-0.1, -0.05) is 37.3 Å². The van der Waals surface area contributed by atoms with Gasteiger partial charge in [-0.05, 0) is 5.56 Å². The molecule has 1 aliphatic heterocycles. The lowest BCUT2D eigenvalue weighted by atomic mass is 10.1. The zero-order valence-electron chi connectivity index (χ0n) is 11.8. The number of hydrogen-bond acceptors (Lipinski definition) is 4. The molecule has 0 saturated carbocycles. The smallest absolute Gasteiger partial charge is 0.310 e. The fourth-order valence-electron chi connectivity index (χ4n) is 2.19. The minimum atomic E-state index is -0.673. The average molecular weight is 295 g/mol. The Labute approximate surface area is 122 Å². The van der Waals surface area contributed by atoms with Crippen LogP contribution in [0.3, 0.4) is 0 Å². The number of benzene rings is 1. The van der Waals surface area contributed by atoms with Crippen LogP contribution in [-0.2, 0) is 26.9 Å². The third kappa shape index (κ3) is 4.72. The fourth-order valence-corrected chi connectivity index (χ4v) is 3.32. The number of carbonyl (C=O) groups is 1. The van der Waals surface area contributed by atoms with E-state index < -0.39 is 10.8 Å². The molecule has 0 aromatic heterocycles. The summed E-state index contributed by atoms with van der Waals surface area (Å²) in [6.07, 6.45) is 0. The third-order valence-electron chi connectivity index (χ3n) is 3.43. The van der Waals surface area contributed by atoms with Gasteiger partial charge in [0.2, 0.25) is 0 Å². The molecule has 1 unspecified atom stereocenters. The molecule has 5 heteroatoms. The average Bonchev–Trinajstić information content (AvgIpc) is 2.48. The first kappa shape index (κ1) is 15.2. The van der Waals surface area contributed by atoms with E-state index in [0.717, 1.165) is 18.7 Å². The van der Waals surface area contributed by atoms with Crippen LogP contribution in [0.2, 0.25) is 0 Å². The largest absolute Gasteiger partial charge is 0.461 e. The number of hydrogen-bond donors (Lipinski definition) is 0. The van der Waals surface area contributed by atoms with Crippen molar-refractivity contribution in [2.24, 2.45) is 5.92 Å². The van der Waals surface area contributed by atoms with Crippen LogP contribution in [0.4, 0.5) is 0 Å². The summed E-state index contributed by atoms with van der Waals surface area (Å²) in [6.45, 7) is 4.52. The monoisotopic (exact) mass is 295 g/mol. The Morgan fingerprint density at radius 3 is 2.60 bits per heavy atom. The molecule has 1 atom stereocenters. The van der Waals surface area contributed by atoms with Crippen LogP contribution in [0.1, 0.15) is 12.5 Å². The van der Waals surface area contributed by atoms with Gasteiger partial charge >= 0.3 is 5.97 Å². The predicted molar refractivity (Wildman–Crippen MR) is 79.7 cm³/mol. The molecule has 1 aromatic carbocycles. The van der Waals surface area contributed by atoms with Crippen molar-refractivity contribution in [1.29, 1.82) is 0 Å². The Hall–Kier alpha value is -1.20. The van der Waals surface area contributed by atoms with E-state index in [2.05, 4.69) is 4.90 Å². The van der Waals surface area contributed by atoms with E-state index in [1.807, 2.05) is 37.3 Å². The molecule has 0 spiro atoms. The lowest BCUT2D eigenvalue weighted by Crippen LogP contribution is -2.41. The normalized spacial score (nSPS) is 18.6. The highest BCUT2D eigenvalue weighted by atomic mass is 32.2. The Balaban J connectivity index is 1.73. The van der Waals surface area contributed by atoms with Crippen LogP contribution in [-0.4, -0.2) is 46.2 Å². The first-order valence-corrected chi connectivity index (χ1v) is 8.42. The second-order valence-corrected chi connectivity index (χ2v) is 6.84. The first-order valence-electron chi connectivity index (χ1n) is 6.93. The number of nitrogens with zero attached hydrogens (tertiary/aromatic N) is 1. The summed E-state index contributed by atoms with van der Waals surface area (Å²) in [6, 6.07) is 9.69. The maximum atomic E-state index is 11.9. The molecule has 110 valence electrons. The highest BCUT2D eigenvalue weighted by Gasteiger charge is 2.21. The van der Waals surface area contributed by atoms with Crippen LogP contribution < -0.4 is 0 Å². The van der Waals surface area contributed by atoms with Gasteiger partial charge in [-0.3, -0.25) is 9.00 Å². The van der Waals surface area contributed by atoms with Crippen LogP contribution >= 0.6 is 0 Å². The van der Waals surface area contributed by atoms with Crippen LogP contribution in [0.15, 0.2) is 30.3 Å². The highest BCUT2D eigenvalue weighted by molar-refractivity contribution is 7.85. The van der Waals surface area contributed by atoms with E-state index in [1.165, 1.54) is 0 Å². The van der Waals surface area contributed by atoms with Crippen LogP contribution in [0.25, 0.3) is 0 Å². The third-order valence-corrected chi connectivity index (χ3v) is 4.70. The van der Waals surface area contributed by atoms with Crippen LogP contribution in [0, 0.1) is 5.92 Å². The van der Waals surface area contributed by atoms with E-state index >= 15 is 0 Å². The van der Waals surface area contributed by atoms with E-state index in [4.69, 9.17) is 4.74 Å². The Bertz CT molecular complexity index is 453. The van der Waals surface area contributed by atoms with Crippen molar-refractivity contribution in [3.63, 3.8) is 0 Å². The van der Waals surface area contributed by atoms with Gasteiger partial charge in [0, 0.05) is 41.9 Å². The van der Waals surface area contributed by atoms with Crippen molar-refractivity contribution >= 4 is 16.8 Å². The van der Waals surface area contributed by atoms with Crippen molar-refractivity contribution in [2.75, 3.05) is 31.1 Å². The van der Waals surface area contributed by atoms with Crippen molar-refractivity contribution in [3.05, 3.63) is 35.9 Å². The predicted octanol–water partition coefficient (Wildman–Crippen LogP) is 1.43. The topological polar surface area (TPSA) is 46.6 Å². The molecule has 1 heterocycles. The quantitative estimate of drug-likeness (QED) is 0.771. The number of esters is 1. The first-order chi connectivity index (χ1) is 9.65. The molecule has 2 rings (SSSR count).